The summed E-state index contributed by atoms with van der Waals surface area (Å²) < 4.78 is 0. The number of unbranched alkanes of at least 4 members (excludes halogenated alkanes) is 1. The molecule has 0 aliphatic heterocycles. The molecule has 0 bridgehead atoms. The third kappa shape index (κ3) is 2.98. The second-order valence-electron chi connectivity index (χ2n) is 7.03. The van der Waals surface area contributed by atoms with Crippen molar-refractivity contribution in [3.05, 3.63) is 95.1 Å². The molecule has 24 heavy (non-hydrogen) atoms. The Hall–Kier alpha value is -2.08. The van der Waals surface area contributed by atoms with Gasteiger partial charge in [0, 0.05) is 11.3 Å². The quantitative estimate of drug-likeness (QED) is 0.557. The lowest BCUT2D eigenvalue weighted by Crippen LogP contribution is -2.34. The van der Waals surface area contributed by atoms with Gasteiger partial charge in [0.25, 0.3) is 0 Å². The standard InChI is InChI=1S/C24H28/c1-4-5-16-24(21-12-8-6-9-13-21,22-14-10-7-11-15-22)23-17-19(2)20(3)18-23/h6-15,17-18,23H,4-5,16H2,1-3H3. The van der Waals surface area contributed by atoms with Crippen molar-refractivity contribution in [2.75, 3.05) is 0 Å². The van der Waals surface area contributed by atoms with Crippen LogP contribution in [0.25, 0.3) is 0 Å². The van der Waals surface area contributed by atoms with Crippen LogP contribution in [0.4, 0.5) is 0 Å². The molecule has 0 atom stereocenters. The maximum atomic E-state index is 2.48. The molecule has 1 aliphatic rings. The van der Waals surface area contributed by atoms with Crippen LogP contribution >= 0.6 is 0 Å². The molecule has 0 spiro atoms. The molecule has 0 unspecified atom stereocenters. The molecular formula is C24H28. The van der Waals surface area contributed by atoms with Gasteiger partial charge in [0.15, 0.2) is 0 Å². The first-order valence-electron chi connectivity index (χ1n) is 9.16. The third-order valence-electron chi connectivity index (χ3n) is 5.55. The summed E-state index contributed by atoms with van der Waals surface area (Å²) in [7, 11) is 0. The van der Waals surface area contributed by atoms with E-state index in [9.17, 15) is 0 Å². The zero-order valence-corrected chi connectivity index (χ0v) is 15.1. The molecule has 0 amide bonds. The fraction of sp³-hybridized carbons (Fsp3) is 0.333. The molecule has 0 aromatic heterocycles. The van der Waals surface area contributed by atoms with E-state index in [1.165, 1.54) is 41.5 Å². The highest BCUT2D eigenvalue weighted by Crippen LogP contribution is 2.47. The Balaban J connectivity index is 2.22. The van der Waals surface area contributed by atoms with Gasteiger partial charge in [0.1, 0.15) is 0 Å². The molecule has 124 valence electrons. The van der Waals surface area contributed by atoms with Gasteiger partial charge in [-0.2, -0.15) is 0 Å². The van der Waals surface area contributed by atoms with Crippen LogP contribution < -0.4 is 0 Å². The van der Waals surface area contributed by atoms with Gasteiger partial charge < -0.3 is 0 Å². The summed E-state index contributed by atoms with van der Waals surface area (Å²) in [4.78, 5) is 0. The zero-order valence-electron chi connectivity index (χ0n) is 15.1. The SMILES string of the molecule is CCCCC(c1ccccc1)(c1ccccc1)C1C=C(C)C(C)=C1. The van der Waals surface area contributed by atoms with Crippen molar-refractivity contribution in [1.82, 2.24) is 0 Å². The van der Waals surface area contributed by atoms with Crippen LogP contribution in [0.2, 0.25) is 0 Å². The maximum Gasteiger partial charge on any atom is 0.0300 e. The number of benzene rings is 2. The van der Waals surface area contributed by atoms with E-state index in [1.807, 2.05) is 0 Å². The summed E-state index contributed by atoms with van der Waals surface area (Å²) in [6.45, 7) is 6.77. The second-order valence-corrected chi connectivity index (χ2v) is 7.03. The molecule has 0 heterocycles. The van der Waals surface area contributed by atoms with Crippen LogP contribution in [0.1, 0.15) is 51.2 Å². The highest BCUT2D eigenvalue weighted by Gasteiger charge is 2.40. The first kappa shape index (κ1) is 16.8. The monoisotopic (exact) mass is 316 g/mol. The van der Waals surface area contributed by atoms with Crippen LogP contribution in [0.3, 0.4) is 0 Å². The average Bonchev–Trinajstić information content (AvgIpc) is 2.97. The summed E-state index contributed by atoms with van der Waals surface area (Å²) in [6.07, 6.45) is 8.59. The highest BCUT2D eigenvalue weighted by molar-refractivity contribution is 5.48. The Kier molecular flexibility index (Phi) is 5.04. The Morgan fingerprint density at radius 2 is 1.21 bits per heavy atom. The third-order valence-corrected chi connectivity index (χ3v) is 5.55. The van der Waals surface area contributed by atoms with Crippen molar-refractivity contribution in [3.63, 3.8) is 0 Å². The lowest BCUT2D eigenvalue weighted by Gasteiger charge is -2.39. The van der Waals surface area contributed by atoms with Gasteiger partial charge in [0.2, 0.25) is 0 Å². The summed E-state index contributed by atoms with van der Waals surface area (Å²) in [5.41, 5.74) is 5.74. The molecule has 0 radical (unpaired) electrons. The van der Waals surface area contributed by atoms with E-state index in [0.717, 1.165) is 0 Å². The van der Waals surface area contributed by atoms with Crippen LogP contribution in [-0.4, -0.2) is 0 Å². The van der Waals surface area contributed by atoms with E-state index in [2.05, 4.69) is 93.6 Å². The topological polar surface area (TPSA) is 0 Å². The fourth-order valence-corrected chi connectivity index (χ4v) is 4.07. The van der Waals surface area contributed by atoms with Gasteiger partial charge in [-0.3, -0.25) is 0 Å². The Labute approximate surface area is 146 Å². The number of allylic oxidation sites excluding steroid dienone is 4. The second kappa shape index (κ2) is 7.21. The van der Waals surface area contributed by atoms with E-state index >= 15 is 0 Å². The Morgan fingerprint density at radius 1 is 0.750 bits per heavy atom. The molecule has 0 N–H and O–H groups in total. The van der Waals surface area contributed by atoms with Gasteiger partial charge in [-0.25, -0.2) is 0 Å². The summed E-state index contributed by atoms with van der Waals surface area (Å²) in [5.74, 6) is 0.425. The minimum Gasteiger partial charge on any atom is -0.0732 e. The summed E-state index contributed by atoms with van der Waals surface area (Å²) in [5, 5.41) is 0. The number of rotatable bonds is 6. The van der Waals surface area contributed by atoms with Crippen molar-refractivity contribution in [3.8, 4) is 0 Å². The fourth-order valence-electron chi connectivity index (χ4n) is 4.07. The molecule has 0 fully saturated rings. The predicted molar refractivity (Wildman–Crippen MR) is 104 cm³/mol. The van der Waals surface area contributed by atoms with Gasteiger partial charge in [-0.05, 0) is 31.4 Å². The first-order valence-corrected chi connectivity index (χ1v) is 9.16. The maximum absolute atomic E-state index is 2.48. The van der Waals surface area contributed by atoms with Gasteiger partial charge in [-0.1, -0.05) is 104 Å². The van der Waals surface area contributed by atoms with E-state index in [0.29, 0.717) is 5.92 Å². The lowest BCUT2D eigenvalue weighted by molar-refractivity contribution is 0.393. The number of hydrogen-bond donors (Lipinski definition) is 0. The molecule has 0 saturated carbocycles. The Bertz CT molecular complexity index is 662. The smallest absolute Gasteiger partial charge is 0.0300 e. The molecule has 0 nitrogen and oxygen atoms in total. The van der Waals surface area contributed by atoms with Crippen LogP contribution in [-0.2, 0) is 5.41 Å². The lowest BCUT2D eigenvalue weighted by atomic mass is 9.63. The predicted octanol–water partition coefficient (Wildman–Crippen LogP) is 6.69. The van der Waals surface area contributed by atoms with Crippen molar-refractivity contribution < 1.29 is 0 Å². The van der Waals surface area contributed by atoms with E-state index in [-0.39, 0.29) is 5.41 Å². The minimum absolute atomic E-state index is 0.0253. The van der Waals surface area contributed by atoms with Crippen molar-refractivity contribution in [2.24, 2.45) is 5.92 Å². The number of hydrogen-bond acceptors (Lipinski definition) is 0. The van der Waals surface area contributed by atoms with E-state index in [1.54, 1.807) is 0 Å². The molecule has 0 saturated heterocycles. The molecule has 0 heteroatoms. The Morgan fingerprint density at radius 3 is 1.62 bits per heavy atom. The van der Waals surface area contributed by atoms with Gasteiger partial charge >= 0.3 is 0 Å². The summed E-state index contributed by atoms with van der Waals surface area (Å²) >= 11 is 0. The average molecular weight is 316 g/mol. The van der Waals surface area contributed by atoms with E-state index in [4.69, 9.17) is 0 Å². The van der Waals surface area contributed by atoms with Gasteiger partial charge in [0.05, 0.1) is 0 Å². The minimum atomic E-state index is 0.0253. The molecule has 1 aliphatic carbocycles. The molecule has 3 rings (SSSR count). The van der Waals surface area contributed by atoms with Crippen molar-refractivity contribution in [1.29, 1.82) is 0 Å². The highest BCUT2D eigenvalue weighted by atomic mass is 14.4. The van der Waals surface area contributed by atoms with Crippen LogP contribution in [0, 0.1) is 5.92 Å². The molecule has 2 aromatic carbocycles. The molecular weight excluding hydrogens is 288 g/mol. The van der Waals surface area contributed by atoms with Crippen molar-refractivity contribution in [2.45, 2.75) is 45.4 Å². The zero-order chi connectivity index (χ0) is 17.0. The van der Waals surface area contributed by atoms with Crippen LogP contribution in [0.15, 0.2) is 84.0 Å². The van der Waals surface area contributed by atoms with Crippen molar-refractivity contribution >= 4 is 0 Å². The van der Waals surface area contributed by atoms with Crippen LogP contribution in [0.5, 0.6) is 0 Å². The van der Waals surface area contributed by atoms with Gasteiger partial charge in [-0.15, -0.1) is 0 Å². The molecule has 2 aromatic rings. The first-order chi connectivity index (χ1) is 11.7. The summed E-state index contributed by atoms with van der Waals surface area (Å²) in [6, 6.07) is 22.2. The van der Waals surface area contributed by atoms with E-state index < -0.39 is 0 Å². The normalized spacial score (nSPS) is 15.3. The largest absolute Gasteiger partial charge is 0.0732 e.